The quantitative estimate of drug-likeness (QED) is 0.831. The summed E-state index contributed by atoms with van der Waals surface area (Å²) in [7, 11) is -2.37. The number of hydrogen-bond donors (Lipinski definition) is 2. The summed E-state index contributed by atoms with van der Waals surface area (Å²) in [5, 5.41) is 0.468. The highest BCUT2D eigenvalue weighted by Crippen LogP contribution is 2.28. The smallest absolute Gasteiger partial charge is 0.261 e. The van der Waals surface area contributed by atoms with E-state index in [1.54, 1.807) is 6.07 Å². The molecule has 0 aliphatic rings. The van der Waals surface area contributed by atoms with Crippen molar-refractivity contribution in [2.75, 3.05) is 17.6 Å². The van der Waals surface area contributed by atoms with Gasteiger partial charge in [0, 0.05) is 16.1 Å². The van der Waals surface area contributed by atoms with Crippen molar-refractivity contribution < 1.29 is 13.2 Å². The normalized spacial score (nSPS) is 11.2. The van der Waals surface area contributed by atoms with E-state index < -0.39 is 10.0 Å². The van der Waals surface area contributed by atoms with Crippen LogP contribution in [0.15, 0.2) is 41.3 Å². The summed E-state index contributed by atoms with van der Waals surface area (Å²) in [5.41, 5.74) is 6.40. The minimum atomic E-state index is -3.81. The SMILES string of the molecule is COc1cc(NS(=O)(=O)c2cc(Cl)cc(Cl)c2)ccc1N. The lowest BCUT2D eigenvalue weighted by atomic mass is 10.2. The van der Waals surface area contributed by atoms with Gasteiger partial charge in [-0.2, -0.15) is 0 Å². The first-order valence-corrected chi connectivity index (χ1v) is 7.98. The molecule has 0 fully saturated rings. The number of hydrogen-bond acceptors (Lipinski definition) is 4. The highest BCUT2D eigenvalue weighted by Gasteiger charge is 2.16. The number of rotatable bonds is 4. The summed E-state index contributed by atoms with van der Waals surface area (Å²) in [5.74, 6) is 0.374. The standard InChI is InChI=1S/C13H12Cl2N2O3S/c1-20-13-7-10(2-3-12(13)16)17-21(18,19)11-5-8(14)4-9(15)6-11/h2-7,17H,16H2,1H3. The molecule has 0 radical (unpaired) electrons. The van der Waals surface area contributed by atoms with E-state index in [0.29, 0.717) is 17.1 Å². The Labute approximate surface area is 132 Å². The van der Waals surface area contributed by atoms with Crippen LogP contribution in [0.25, 0.3) is 0 Å². The van der Waals surface area contributed by atoms with E-state index in [-0.39, 0.29) is 14.9 Å². The molecular formula is C13H12Cl2N2O3S. The average Bonchev–Trinajstić information content (AvgIpc) is 2.39. The molecule has 2 rings (SSSR count). The lowest BCUT2D eigenvalue weighted by Crippen LogP contribution is -2.13. The van der Waals surface area contributed by atoms with Crippen molar-refractivity contribution in [2.45, 2.75) is 4.90 Å². The molecule has 8 heteroatoms. The third-order valence-corrected chi connectivity index (χ3v) is 4.43. The van der Waals surface area contributed by atoms with E-state index >= 15 is 0 Å². The van der Waals surface area contributed by atoms with Gasteiger partial charge in [-0.15, -0.1) is 0 Å². The van der Waals surface area contributed by atoms with Crippen molar-refractivity contribution >= 4 is 44.6 Å². The monoisotopic (exact) mass is 346 g/mol. The fourth-order valence-electron chi connectivity index (χ4n) is 1.67. The Balaban J connectivity index is 2.37. The lowest BCUT2D eigenvalue weighted by molar-refractivity contribution is 0.417. The van der Waals surface area contributed by atoms with Gasteiger partial charge in [-0.25, -0.2) is 8.42 Å². The van der Waals surface area contributed by atoms with Crippen LogP contribution in [0.1, 0.15) is 0 Å². The van der Waals surface area contributed by atoms with E-state index in [9.17, 15) is 8.42 Å². The van der Waals surface area contributed by atoms with Crippen LogP contribution in [0.3, 0.4) is 0 Å². The van der Waals surface area contributed by atoms with Crippen LogP contribution in [0.4, 0.5) is 11.4 Å². The predicted molar refractivity (Wildman–Crippen MR) is 84.7 cm³/mol. The third kappa shape index (κ3) is 3.72. The second-order valence-corrected chi connectivity index (χ2v) is 6.72. The molecule has 21 heavy (non-hydrogen) atoms. The molecular weight excluding hydrogens is 335 g/mol. The van der Waals surface area contributed by atoms with Crippen LogP contribution in [0.5, 0.6) is 5.75 Å². The summed E-state index contributed by atoms with van der Waals surface area (Å²) >= 11 is 11.6. The van der Waals surface area contributed by atoms with Gasteiger partial charge in [-0.1, -0.05) is 23.2 Å². The second kappa shape index (κ2) is 6.01. The Morgan fingerprint density at radius 2 is 1.71 bits per heavy atom. The summed E-state index contributed by atoms with van der Waals surface area (Å²) < 4.78 is 32.0. The van der Waals surface area contributed by atoms with Gasteiger partial charge < -0.3 is 10.5 Å². The number of nitrogens with one attached hydrogen (secondary N) is 1. The first kappa shape index (κ1) is 15.8. The number of halogens is 2. The Hall–Kier alpha value is -1.63. The highest BCUT2D eigenvalue weighted by atomic mass is 35.5. The van der Waals surface area contributed by atoms with Gasteiger partial charge in [-0.05, 0) is 30.3 Å². The van der Waals surface area contributed by atoms with Crippen molar-refractivity contribution in [3.05, 3.63) is 46.4 Å². The number of nitrogen functional groups attached to an aromatic ring is 1. The van der Waals surface area contributed by atoms with Crippen LogP contribution in [-0.4, -0.2) is 15.5 Å². The van der Waals surface area contributed by atoms with Gasteiger partial charge in [-0.3, -0.25) is 4.72 Å². The zero-order valence-electron chi connectivity index (χ0n) is 10.9. The first-order valence-electron chi connectivity index (χ1n) is 5.74. The summed E-state index contributed by atoms with van der Waals surface area (Å²) in [6.07, 6.45) is 0. The van der Waals surface area contributed by atoms with Crippen molar-refractivity contribution in [3.8, 4) is 5.75 Å². The van der Waals surface area contributed by atoms with E-state index in [1.165, 1.54) is 37.4 Å². The molecule has 0 atom stereocenters. The van der Waals surface area contributed by atoms with Gasteiger partial charge in [0.2, 0.25) is 0 Å². The van der Waals surface area contributed by atoms with Crippen molar-refractivity contribution in [1.29, 1.82) is 0 Å². The average molecular weight is 347 g/mol. The number of anilines is 2. The van der Waals surface area contributed by atoms with Crippen LogP contribution >= 0.6 is 23.2 Å². The molecule has 0 unspecified atom stereocenters. The Morgan fingerprint density at radius 3 is 2.29 bits per heavy atom. The number of methoxy groups -OCH3 is 1. The molecule has 0 saturated carbocycles. The fourth-order valence-corrected chi connectivity index (χ4v) is 3.45. The minimum Gasteiger partial charge on any atom is -0.495 e. The molecule has 0 aromatic heterocycles. The van der Waals surface area contributed by atoms with E-state index in [1.807, 2.05) is 0 Å². The zero-order chi connectivity index (χ0) is 15.6. The van der Waals surface area contributed by atoms with Gasteiger partial charge in [0.15, 0.2) is 0 Å². The van der Waals surface area contributed by atoms with Gasteiger partial charge in [0.1, 0.15) is 5.75 Å². The van der Waals surface area contributed by atoms with Crippen LogP contribution in [0, 0.1) is 0 Å². The maximum Gasteiger partial charge on any atom is 0.261 e. The molecule has 2 aromatic rings. The van der Waals surface area contributed by atoms with Crippen molar-refractivity contribution in [2.24, 2.45) is 0 Å². The maximum atomic E-state index is 12.3. The Bertz CT molecular complexity index is 759. The van der Waals surface area contributed by atoms with Crippen molar-refractivity contribution in [1.82, 2.24) is 0 Å². The largest absolute Gasteiger partial charge is 0.495 e. The Kier molecular flexibility index (Phi) is 4.51. The predicted octanol–water partition coefficient (Wildman–Crippen LogP) is 3.39. The van der Waals surface area contributed by atoms with Crippen LogP contribution < -0.4 is 15.2 Å². The molecule has 0 spiro atoms. The molecule has 0 bridgehead atoms. The summed E-state index contributed by atoms with van der Waals surface area (Å²) in [6, 6.07) is 8.63. The molecule has 0 amide bonds. The third-order valence-electron chi connectivity index (χ3n) is 2.63. The van der Waals surface area contributed by atoms with Gasteiger partial charge >= 0.3 is 0 Å². The van der Waals surface area contributed by atoms with Crippen LogP contribution in [-0.2, 0) is 10.0 Å². The van der Waals surface area contributed by atoms with Gasteiger partial charge in [0.05, 0.1) is 23.4 Å². The lowest BCUT2D eigenvalue weighted by Gasteiger charge is -2.11. The number of benzene rings is 2. The minimum absolute atomic E-state index is 0.0317. The molecule has 3 N–H and O–H groups in total. The summed E-state index contributed by atoms with van der Waals surface area (Å²) in [4.78, 5) is -0.0317. The number of sulfonamides is 1. The van der Waals surface area contributed by atoms with Crippen LogP contribution in [0.2, 0.25) is 10.0 Å². The number of ether oxygens (including phenoxy) is 1. The molecule has 0 aliphatic carbocycles. The summed E-state index contributed by atoms with van der Waals surface area (Å²) in [6.45, 7) is 0. The van der Waals surface area contributed by atoms with Gasteiger partial charge in [0.25, 0.3) is 10.0 Å². The van der Waals surface area contributed by atoms with E-state index in [0.717, 1.165) is 0 Å². The van der Waals surface area contributed by atoms with E-state index in [4.69, 9.17) is 33.7 Å². The second-order valence-electron chi connectivity index (χ2n) is 4.17. The molecule has 0 heterocycles. The fraction of sp³-hybridized carbons (Fsp3) is 0.0769. The first-order chi connectivity index (χ1) is 9.81. The molecule has 112 valence electrons. The van der Waals surface area contributed by atoms with E-state index in [2.05, 4.69) is 4.72 Å². The molecule has 0 saturated heterocycles. The molecule has 2 aromatic carbocycles. The highest BCUT2D eigenvalue weighted by molar-refractivity contribution is 7.92. The topological polar surface area (TPSA) is 81.4 Å². The maximum absolute atomic E-state index is 12.3. The zero-order valence-corrected chi connectivity index (χ0v) is 13.3. The number of nitrogens with two attached hydrogens (primary N) is 1. The molecule has 5 nitrogen and oxygen atoms in total. The Morgan fingerprint density at radius 1 is 1.10 bits per heavy atom. The molecule has 0 aliphatic heterocycles. The van der Waals surface area contributed by atoms with Crippen molar-refractivity contribution in [3.63, 3.8) is 0 Å².